The second-order valence-corrected chi connectivity index (χ2v) is 7.64. The number of carboxylic acids is 1. The average molecular weight is 429 g/mol. The van der Waals surface area contributed by atoms with E-state index in [0.717, 1.165) is 52.3 Å². The Morgan fingerprint density at radius 2 is 1.56 bits per heavy atom. The molecule has 0 atom stereocenters. The van der Waals surface area contributed by atoms with Crippen LogP contribution in [0.15, 0.2) is 72.9 Å². The summed E-state index contributed by atoms with van der Waals surface area (Å²) >= 11 is 0. The molecule has 1 aliphatic rings. The minimum Gasteiger partial charge on any atom is -0.483 e. The standard InChI is InChI=1S/C24H21N3O2.CH2O2/c1-25-22-21(26-20-4-2-3-15-27(20)22)18-7-5-16(6-8-18)17-9-11-19(12-10-17)24(13-14-24)23(28)29;2-1-3/h2-12,15,25H,13-14H2,1H3,(H,28,29);1H,(H,2,3). The largest absolute Gasteiger partial charge is 0.483 e. The highest BCUT2D eigenvalue weighted by Crippen LogP contribution is 2.48. The molecule has 0 bridgehead atoms. The van der Waals surface area contributed by atoms with Crippen LogP contribution in [0.4, 0.5) is 5.82 Å². The Bertz CT molecular complexity index is 1260. The minimum absolute atomic E-state index is 0.250. The van der Waals surface area contributed by atoms with Gasteiger partial charge < -0.3 is 15.5 Å². The van der Waals surface area contributed by atoms with E-state index in [1.807, 2.05) is 60.1 Å². The van der Waals surface area contributed by atoms with Crippen LogP contribution in [0.2, 0.25) is 0 Å². The van der Waals surface area contributed by atoms with Gasteiger partial charge in [0.1, 0.15) is 17.2 Å². The van der Waals surface area contributed by atoms with Crippen molar-refractivity contribution in [2.24, 2.45) is 0 Å². The van der Waals surface area contributed by atoms with E-state index >= 15 is 0 Å². The Kier molecular flexibility index (Phi) is 5.64. The molecule has 0 saturated heterocycles. The second-order valence-electron chi connectivity index (χ2n) is 7.64. The number of fused-ring (bicyclic) bond motifs is 1. The van der Waals surface area contributed by atoms with Crippen molar-refractivity contribution in [3.05, 3.63) is 78.5 Å². The molecule has 1 aliphatic carbocycles. The summed E-state index contributed by atoms with van der Waals surface area (Å²) < 4.78 is 2.04. The van der Waals surface area contributed by atoms with Crippen molar-refractivity contribution in [3.63, 3.8) is 0 Å². The van der Waals surface area contributed by atoms with E-state index in [9.17, 15) is 9.90 Å². The molecular formula is C25H23N3O4. The average Bonchev–Trinajstić information content (AvgIpc) is 3.55. The fourth-order valence-electron chi connectivity index (χ4n) is 3.99. The van der Waals surface area contributed by atoms with Crippen LogP contribution < -0.4 is 5.32 Å². The molecule has 0 spiro atoms. The van der Waals surface area contributed by atoms with Gasteiger partial charge in [-0.05, 0) is 41.7 Å². The smallest absolute Gasteiger partial charge is 0.314 e. The molecule has 3 N–H and O–H groups in total. The molecule has 0 aliphatic heterocycles. The summed E-state index contributed by atoms with van der Waals surface area (Å²) in [7, 11) is 1.90. The molecule has 0 amide bonds. The molecule has 5 rings (SSSR count). The highest BCUT2D eigenvalue weighted by Gasteiger charge is 2.51. The maximum atomic E-state index is 11.5. The van der Waals surface area contributed by atoms with Crippen LogP contribution in [-0.2, 0) is 15.0 Å². The van der Waals surface area contributed by atoms with Crippen molar-refractivity contribution in [1.82, 2.24) is 9.38 Å². The first-order chi connectivity index (χ1) is 15.5. The van der Waals surface area contributed by atoms with Crippen molar-refractivity contribution in [2.45, 2.75) is 18.3 Å². The third-order valence-corrected chi connectivity index (χ3v) is 5.86. The molecule has 0 radical (unpaired) electrons. The van der Waals surface area contributed by atoms with Crippen LogP contribution in [0.1, 0.15) is 18.4 Å². The number of rotatable bonds is 5. The van der Waals surface area contributed by atoms with Crippen LogP contribution >= 0.6 is 0 Å². The lowest BCUT2D eigenvalue weighted by Crippen LogP contribution is -2.19. The molecule has 4 aromatic rings. The third kappa shape index (κ3) is 3.69. The van der Waals surface area contributed by atoms with Gasteiger partial charge in [-0.15, -0.1) is 0 Å². The summed E-state index contributed by atoms with van der Waals surface area (Å²) in [4.78, 5) is 24.6. The van der Waals surface area contributed by atoms with E-state index in [4.69, 9.17) is 14.9 Å². The zero-order valence-electron chi connectivity index (χ0n) is 17.5. The second kappa shape index (κ2) is 8.55. The normalized spacial score (nSPS) is 13.7. The van der Waals surface area contributed by atoms with E-state index in [1.54, 1.807) is 0 Å². The van der Waals surface area contributed by atoms with Gasteiger partial charge in [0, 0.05) is 18.8 Å². The number of pyridine rings is 1. The molecule has 7 nitrogen and oxygen atoms in total. The molecule has 32 heavy (non-hydrogen) atoms. The van der Waals surface area contributed by atoms with Gasteiger partial charge in [-0.25, -0.2) is 4.98 Å². The molecular weight excluding hydrogens is 406 g/mol. The zero-order chi connectivity index (χ0) is 22.7. The summed E-state index contributed by atoms with van der Waals surface area (Å²) in [5, 5.41) is 19.6. The van der Waals surface area contributed by atoms with Gasteiger partial charge in [0.15, 0.2) is 0 Å². The first-order valence-electron chi connectivity index (χ1n) is 10.2. The number of aliphatic carboxylic acids is 1. The lowest BCUT2D eigenvalue weighted by atomic mass is 9.93. The maximum absolute atomic E-state index is 11.5. The number of hydrogen-bond acceptors (Lipinski definition) is 4. The van der Waals surface area contributed by atoms with Crippen molar-refractivity contribution >= 4 is 23.9 Å². The number of nitrogens with one attached hydrogen (secondary N) is 1. The highest BCUT2D eigenvalue weighted by atomic mass is 16.4. The fraction of sp³-hybridized carbons (Fsp3) is 0.160. The topological polar surface area (TPSA) is 104 Å². The van der Waals surface area contributed by atoms with E-state index in [-0.39, 0.29) is 6.47 Å². The quantitative estimate of drug-likeness (QED) is 0.403. The van der Waals surface area contributed by atoms with Crippen LogP contribution in [0.3, 0.4) is 0 Å². The van der Waals surface area contributed by atoms with Crippen LogP contribution in [0.25, 0.3) is 28.0 Å². The number of carbonyl (C=O) groups is 2. The number of anilines is 1. The molecule has 162 valence electrons. The fourth-order valence-corrected chi connectivity index (χ4v) is 3.99. The summed E-state index contributed by atoms with van der Waals surface area (Å²) in [5.74, 6) is 0.239. The first kappa shape index (κ1) is 21.1. The van der Waals surface area contributed by atoms with E-state index in [0.29, 0.717) is 0 Å². The van der Waals surface area contributed by atoms with Crippen molar-refractivity contribution in [1.29, 1.82) is 0 Å². The number of hydrogen-bond donors (Lipinski definition) is 3. The number of carboxylic acid groups (broad SMARTS) is 2. The van der Waals surface area contributed by atoms with E-state index in [1.165, 1.54) is 0 Å². The number of benzene rings is 2. The monoisotopic (exact) mass is 429 g/mol. The number of nitrogens with zero attached hydrogens (tertiary/aromatic N) is 2. The minimum atomic E-state index is -0.720. The molecule has 1 saturated carbocycles. The van der Waals surface area contributed by atoms with Gasteiger partial charge in [-0.2, -0.15) is 0 Å². The van der Waals surface area contributed by atoms with Crippen LogP contribution in [0.5, 0.6) is 0 Å². The number of aromatic nitrogens is 2. The van der Waals surface area contributed by atoms with E-state index in [2.05, 4.69) is 29.6 Å². The van der Waals surface area contributed by atoms with Gasteiger partial charge in [-0.3, -0.25) is 14.0 Å². The predicted molar refractivity (Wildman–Crippen MR) is 123 cm³/mol. The summed E-state index contributed by atoms with van der Waals surface area (Å²) in [6.07, 6.45) is 3.45. The summed E-state index contributed by atoms with van der Waals surface area (Å²) in [6, 6.07) is 22.2. The molecule has 2 aromatic carbocycles. The van der Waals surface area contributed by atoms with Gasteiger partial charge >= 0.3 is 5.97 Å². The van der Waals surface area contributed by atoms with E-state index < -0.39 is 11.4 Å². The van der Waals surface area contributed by atoms with Crippen molar-refractivity contribution in [2.75, 3.05) is 12.4 Å². The third-order valence-electron chi connectivity index (χ3n) is 5.86. The van der Waals surface area contributed by atoms with Gasteiger partial charge in [0.05, 0.1) is 5.41 Å². The Balaban J connectivity index is 0.000000775. The van der Waals surface area contributed by atoms with Crippen LogP contribution in [-0.4, -0.2) is 39.1 Å². The Hall–Kier alpha value is -4.13. The molecule has 2 heterocycles. The maximum Gasteiger partial charge on any atom is 0.314 e. The lowest BCUT2D eigenvalue weighted by Gasteiger charge is -2.11. The Morgan fingerprint density at radius 1 is 1.00 bits per heavy atom. The van der Waals surface area contributed by atoms with Gasteiger partial charge in [-0.1, -0.05) is 54.6 Å². The first-order valence-corrected chi connectivity index (χ1v) is 10.2. The lowest BCUT2D eigenvalue weighted by molar-refractivity contribution is -0.140. The van der Waals surface area contributed by atoms with Gasteiger partial charge in [0.25, 0.3) is 6.47 Å². The predicted octanol–water partition coefficient (Wildman–Crippen LogP) is 4.53. The van der Waals surface area contributed by atoms with Crippen LogP contribution in [0, 0.1) is 0 Å². The Labute approximate surface area is 185 Å². The van der Waals surface area contributed by atoms with Gasteiger partial charge in [0.2, 0.25) is 0 Å². The summed E-state index contributed by atoms with van der Waals surface area (Å²) in [6.45, 7) is -0.250. The number of imidazole rings is 1. The molecule has 0 unspecified atom stereocenters. The zero-order valence-corrected chi connectivity index (χ0v) is 17.5. The molecule has 1 fully saturated rings. The van der Waals surface area contributed by atoms with Crippen molar-refractivity contribution in [3.8, 4) is 22.4 Å². The van der Waals surface area contributed by atoms with Crippen molar-refractivity contribution < 1.29 is 19.8 Å². The molecule has 7 heteroatoms. The summed E-state index contributed by atoms with van der Waals surface area (Å²) in [5.41, 5.74) is 5.27. The SMILES string of the molecule is CNc1c(-c2ccc(-c3ccc(C4(C(=O)O)CC4)cc3)cc2)nc2ccccn12.O=CO. The molecule has 2 aromatic heterocycles. The Morgan fingerprint density at radius 3 is 2.09 bits per heavy atom. The highest BCUT2D eigenvalue weighted by molar-refractivity contribution is 5.85.